The molecule has 0 radical (unpaired) electrons. The third kappa shape index (κ3) is 2.07. The summed E-state index contributed by atoms with van der Waals surface area (Å²) in [6.45, 7) is 0. The van der Waals surface area contributed by atoms with Crippen LogP contribution in [0.2, 0.25) is 10.0 Å². The van der Waals surface area contributed by atoms with Crippen molar-refractivity contribution in [1.29, 1.82) is 0 Å². The molecule has 0 saturated carbocycles. The highest BCUT2D eigenvalue weighted by Gasteiger charge is 2.39. The summed E-state index contributed by atoms with van der Waals surface area (Å²) < 4.78 is 0. The van der Waals surface area contributed by atoms with Gasteiger partial charge in [0.1, 0.15) is 0 Å². The first-order valence-electron chi connectivity index (χ1n) is 7.22. The largest absolute Gasteiger partial charge is 0.376 e. The average Bonchev–Trinajstić information content (AvgIpc) is 2.97. The number of benzene rings is 2. The molecule has 0 bridgehead atoms. The van der Waals surface area contributed by atoms with Crippen LogP contribution in [-0.2, 0) is 0 Å². The monoisotopic (exact) mass is 315 g/mol. The Morgan fingerprint density at radius 2 is 1.67 bits per heavy atom. The standard InChI is InChI=1S/C18H15Cl2N/c19-15-9-2-1-5-14(15)17-12-7-3-6-11(12)13-8-4-10-16(20)18(13)21-17/h1-6,8-12,17,21H,7H2. The van der Waals surface area contributed by atoms with Crippen LogP contribution in [-0.4, -0.2) is 0 Å². The Labute approximate surface area is 134 Å². The zero-order valence-electron chi connectivity index (χ0n) is 11.4. The van der Waals surface area contributed by atoms with E-state index >= 15 is 0 Å². The van der Waals surface area contributed by atoms with Gasteiger partial charge in [0.25, 0.3) is 0 Å². The number of fused-ring (bicyclic) bond motifs is 3. The van der Waals surface area contributed by atoms with Gasteiger partial charge in [-0.15, -0.1) is 0 Å². The van der Waals surface area contributed by atoms with Crippen LogP contribution in [0.25, 0.3) is 0 Å². The van der Waals surface area contributed by atoms with E-state index in [0.717, 1.165) is 27.7 Å². The van der Waals surface area contributed by atoms with Crippen LogP contribution in [0, 0.1) is 5.92 Å². The first-order valence-corrected chi connectivity index (χ1v) is 7.97. The summed E-state index contributed by atoms with van der Waals surface area (Å²) in [6, 6.07) is 14.4. The van der Waals surface area contributed by atoms with Gasteiger partial charge in [-0.3, -0.25) is 0 Å². The highest BCUT2D eigenvalue weighted by molar-refractivity contribution is 6.33. The summed E-state index contributed by atoms with van der Waals surface area (Å²) in [4.78, 5) is 0. The predicted octanol–water partition coefficient (Wildman–Crippen LogP) is 5.82. The second kappa shape index (κ2) is 5.08. The molecule has 3 unspecified atom stereocenters. The molecule has 2 aliphatic rings. The molecule has 1 N–H and O–H groups in total. The predicted molar refractivity (Wildman–Crippen MR) is 89.3 cm³/mol. The summed E-state index contributed by atoms with van der Waals surface area (Å²) in [5.74, 6) is 0.914. The fraction of sp³-hybridized carbons (Fsp3) is 0.222. The maximum Gasteiger partial charge on any atom is 0.0640 e. The molecule has 2 aromatic rings. The SMILES string of the molecule is Clc1ccccc1C1Nc2c(Cl)cccc2C2C=CCC21. The molecule has 0 aromatic heterocycles. The van der Waals surface area contributed by atoms with Crippen molar-refractivity contribution in [3.8, 4) is 0 Å². The van der Waals surface area contributed by atoms with Crippen molar-refractivity contribution in [1.82, 2.24) is 0 Å². The maximum atomic E-state index is 6.42. The fourth-order valence-corrected chi connectivity index (χ4v) is 4.11. The lowest BCUT2D eigenvalue weighted by atomic mass is 9.77. The lowest BCUT2D eigenvalue weighted by Crippen LogP contribution is -2.29. The van der Waals surface area contributed by atoms with Gasteiger partial charge in [0.15, 0.2) is 0 Å². The Bertz CT molecular complexity index is 723. The Kier molecular flexibility index (Phi) is 3.20. The van der Waals surface area contributed by atoms with E-state index in [9.17, 15) is 0 Å². The Morgan fingerprint density at radius 3 is 2.52 bits per heavy atom. The Morgan fingerprint density at radius 1 is 0.905 bits per heavy atom. The minimum Gasteiger partial charge on any atom is -0.376 e. The summed E-state index contributed by atoms with van der Waals surface area (Å²) in [5.41, 5.74) is 3.50. The van der Waals surface area contributed by atoms with Gasteiger partial charge < -0.3 is 5.32 Å². The van der Waals surface area contributed by atoms with E-state index in [0.29, 0.717) is 11.8 Å². The van der Waals surface area contributed by atoms with Crippen LogP contribution in [0.5, 0.6) is 0 Å². The van der Waals surface area contributed by atoms with Crippen molar-refractivity contribution in [2.75, 3.05) is 5.32 Å². The van der Waals surface area contributed by atoms with Gasteiger partial charge in [-0.05, 0) is 35.6 Å². The van der Waals surface area contributed by atoms with Gasteiger partial charge in [0.05, 0.1) is 16.8 Å². The average molecular weight is 316 g/mol. The van der Waals surface area contributed by atoms with Crippen molar-refractivity contribution in [3.63, 3.8) is 0 Å². The van der Waals surface area contributed by atoms with E-state index < -0.39 is 0 Å². The molecule has 0 spiro atoms. The van der Waals surface area contributed by atoms with E-state index in [-0.39, 0.29) is 6.04 Å². The molecule has 3 heteroatoms. The number of nitrogens with one attached hydrogen (secondary N) is 1. The number of allylic oxidation sites excluding steroid dienone is 2. The van der Waals surface area contributed by atoms with E-state index in [4.69, 9.17) is 23.2 Å². The Balaban J connectivity index is 1.85. The molecule has 2 aromatic carbocycles. The third-order valence-electron chi connectivity index (χ3n) is 4.59. The molecule has 3 atom stereocenters. The summed E-state index contributed by atoms with van der Waals surface area (Å²) in [7, 11) is 0. The summed E-state index contributed by atoms with van der Waals surface area (Å²) in [5, 5.41) is 5.23. The molecule has 0 fully saturated rings. The third-order valence-corrected chi connectivity index (χ3v) is 5.25. The lowest BCUT2D eigenvalue weighted by Gasteiger charge is -2.38. The van der Waals surface area contributed by atoms with Crippen molar-refractivity contribution < 1.29 is 0 Å². The molecule has 1 nitrogen and oxygen atoms in total. The molecule has 1 heterocycles. The number of rotatable bonds is 1. The number of hydrogen-bond donors (Lipinski definition) is 1. The highest BCUT2D eigenvalue weighted by Crippen LogP contribution is 2.52. The smallest absolute Gasteiger partial charge is 0.0640 e. The molecule has 1 aliphatic heterocycles. The van der Waals surface area contributed by atoms with E-state index in [1.165, 1.54) is 5.56 Å². The Hall–Kier alpha value is -1.44. The van der Waals surface area contributed by atoms with Crippen molar-refractivity contribution in [2.24, 2.45) is 5.92 Å². The van der Waals surface area contributed by atoms with Crippen molar-refractivity contribution >= 4 is 28.9 Å². The lowest BCUT2D eigenvalue weighted by molar-refractivity contribution is 0.426. The first kappa shape index (κ1) is 13.2. The molecule has 4 rings (SSSR count). The van der Waals surface area contributed by atoms with Gasteiger partial charge >= 0.3 is 0 Å². The van der Waals surface area contributed by atoms with E-state index in [2.05, 4.69) is 29.6 Å². The number of para-hydroxylation sites is 1. The zero-order chi connectivity index (χ0) is 14.4. The molecular weight excluding hydrogens is 301 g/mol. The second-order valence-corrected chi connectivity index (χ2v) is 6.52. The highest BCUT2D eigenvalue weighted by atomic mass is 35.5. The molecule has 106 valence electrons. The van der Waals surface area contributed by atoms with Gasteiger partial charge in [-0.2, -0.15) is 0 Å². The van der Waals surface area contributed by atoms with Crippen LogP contribution in [0.1, 0.15) is 29.5 Å². The van der Waals surface area contributed by atoms with Crippen LogP contribution >= 0.6 is 23.2 Å². The number of hydrogen-bond acceptors (Lipinski definition) is 1. The zero-order valence-corrected chi connectivity index (χ0v) is 12.9. The minimum absolute atomic E-state index is 0.200. The van der Waals surface area contributed by atoms with Crippen molar-refractivity contribution in [3.05, 3.63) is 75.8 Å². The molecule has 0 amide bonds. The maximum absolute atomic E-state index is 6.42. The molecule has 21 heavy (non-hydrogen) atoms. The van der Waals surface area contributed by atoms with Crippen LogP contribution in [0.15, 0.2) is 54.6 Å². The fourth-order valence-electron chi connectivity index (χ4n) is 3.62. The van der Waals surface area contributed by atoms with Gasteiger partial charge in [-0.1, -0.05) is 65.7 Å². The minimum atomic E-state index is 0.200. The van der Waals surface area contributed by atoms with Crippen LogP contribution in [0.3, 0.4) is 0 Å². The van der Waals surface area contributed by atoms with Crippen LogP contribution in [0.4, 0.5) is 5.69 Å². The van der Waals surface area contributed by atoms with Gasteiger partial charge in [-0.25, -0.2) is 0 Å². The van der Waals surface area contributed by atoms with Crippen LogP contribution < -0.4 is 5.32 Å². The number of halogens is 2. The summed E-state index contributed by atoms with van der Waals surface area (Å²) in [6.07, 6.45) is 5.65. The first-order chi connectivity index (χ1) is 10.3. The summed E-state index contributed by atoms with van der Waals surface area (Å²) >= 11 is 12.8. The number of anilines is 1. The van der Waals surface area contributed by atoms with E-state index in [1.807, 2.05) is 30.3 Å². The molecular formula is C18H15Cl2N. The van der Waals surface area contributed by atoms with Gasteiger partial charge in [0, 0.05) is 10.9 Å². The normalized spacial score (nSPS) is 26.1. The molecule has 0 saturated heterocycles. The van der Waals surface area contributed by atoms with Crippen molar-refractivity contribution in [2.45, 2.75) is 18.4 Å². The van der Waals surface area contributed by atoms with Gasteiger partial charge in [0.2, 0.25) is 0 Å². The van der Waals surface area contributed by atoms with E-state index in [1.54, 1.807) is 0 Å². The topological polar surface area (TPSA) is 12.0 Å². The molecule has 1 aliphatic carbocycles. The second-order valence-electron chi connectivity index (χ2n) is 5.70. The quantitative estimate of drug-likeness (QED) is 0.654.